The topological polar surface area (TPSA) is 21.3 Å². The highest BCUT2D eigenvalue weighted by atomic mass is 19.2. The van der Waals surface area contributed by atoms with Crippen LogP contribution in [-0.4, -0.2) is 25.8 Å². The average molecular weight is 297 g/mol. The van der Waals surface area contributed by atoms with Gasteiger partial charge in [0.25, 0.3) is 0 Å². The number of ether oxygens (including phenoxy) is 1. The van der Waals surface area contributed by atoms with Gasteiger partial charge in [-0.25, -0.2) is 8.78 Å². The Morgan fingerprint density at radius 1 is 1.19 bits per heavy atom. The number of nitrogens with one attached hydrogen (secondary N) is 1. The van der Waals surface area contributed by atoms with Crippen molar-refractivity contribution in [1.29, 1.82) is 0 Å². The zero-order valence-electron chi connectivity index (χ0n) is 12.9. The summed E-state index contributed by atoms with van der Waals surface area (Å²) >= 11 is 0. The van der Waals surface area contributed by atoms with Gasteiger partial charge in [0.2, 0.25) is 0 Å². The number of likely N-dealkylation sites (N-methyl/N-ethyl adjacent to an activating group) is 1. The fraction of sp³-hybridized carbons (Fsp3) is 0.647. The summed E-state index contributed by atoms with van der Waals surface area (Å²) in [7, 11) is 3.60. The lowest BCUT2D eigenvalue weighted by Gasteiger charge is -2.39. The number of hydrogen-bond donors (Lipinski definition) is 1. The lowest BCUT2D eigenvalue weighted by molar-refractivity contribution is -0.0510. The van der Waals surface area contributed by atoms with Crippen LogP contribution >= 0.6 is 0 Å². The van der Waals surface area contributed by atoms with Crippen LogP contribution in [-0.2, 0) is 11.2 Å². The molecule has 118 valence electrons. The molecule has 0 radical (unpaired) electrons. The second kappa shape index (κ2) is 7.32. The molecule has 0 bridgehead atoms. The van der Waals surface area contributed by atoms with Crippen molar-refractivity contribution in [1.82, 2.24) is 5.32 Å². The van der Waals surface area contributed by atoms with E-state index in [1.165, 1.54) is 12.8 Å². The minimum absolute atomic E-state index is 0.0168. The van der Waals surface area contributed by atoms with Gasteiger partial charge in [-0.15, -0.1) is 0 Å². The Labute approximate surface area is 125 Å². The van der Waals surface area contributed by atoms with E-state index in [-0.39, 0.29) is 11.6 Å². The van der Waals surface area contributed by atoms with Crippen LogP contribution < -0.4 is 5.32 Å². The minimum atomic E-state index is -0.783. The highest BCUT2D eigenvalue weighted by Crippen LogP contribution is 2.34. The summed E-state index contributed by atoms with van der Waals surface area (Å²) in [6, 6.07) is 4.36. The molecule has 1 unspecified atom stereocenters. The van der Waals surface area contributed by atoms with Crippen molar-refractivity contribution in [2.24, 2.45) is 0 Å². The van der Waals surface area contributed by atoms with Gasteiger partial charge < -0.3 is 10.1 Å². The molecule has 0 aliphatic heterocycles. The van der Waals surface area contributed by atoms with Crippen molar-refractivity contribution in [3.63, 3.8) is 0 Å². The van der Waals surface area contributed by atoms with E-state index in [2.05, 4.69) is 5.32 Å². The fourth-order valence-electron chi connectivity index (χ4n) is 3.50. The van der Waals surface area contributed by atoms with E-state index >= 15 is 0 Å². The molecule has 0 spiro atoms. The Kier molecular flexibility index (Phi) is 5.71. The number of benzene rings is 1. The largest absolute Gasteiger partial charge is 0.377 e. The maximum absolute atomic E-state index is 13.9. The maximum Gasteiger partial charge on any atom is 0.162 e. The predicted molar refractivity (Wildman–Crippen MR) is 80.4 cm³/mol. The Hall–Kier alpha value is -1.00. The maximum atomic E-state index is 13.9. The van der Waals surface area contributed by atoms with E-state index in [1.54, 1.807) is 19.2 Å². The standard InChI is InChI=1S/C17H25F2NO/c1-20-15(12-13-8-7-9-14(18)16(13)19)17(21-2)10-5-3-4-6-11-17/h7-9,15,20H,3-6,10-12H2,1-2H3. The number of hydrogen-bond acceptors (Lipinski definition) is 2. The van der Waals surface area contributed by atoms with Gasteiger partial charge >= 0.3 is 0 Å². The first-order valence-electron chi connectivity index (χ1n) is 7.78. The van der Waals surface area contributed by atoms with Crippen LogP contribution in [0, 0.1) is 11.6 Å². The van der Waals surface area contributed by atoms with E-state index < -0.39 is 11.6 Å². The molecule has 1 fully saturated rings. The number of methoxy groups -OCH3 is 1. The first kappa shape index (κ1) is 16.4. The highest BCUT2D eigenvalue weighted by Gasteiger charge is 2.38. The smallest absolute Gasteiger partial charge is 0.162 e. The van der Waals surface area contributed by atoms with E-state index in [4.69, 9.17) is 4.74 Å². The summed E-state index contributed by atoms with van der Waals surface area (Å²) < 4.78 is 33.2. The van der Waals surface area contributed by atoms with E-state index in [0.29, 0.717) is 12.0 Å². The first-order valence-corrected chi connectivity index (χ1v) is 7.78. The summed E-state index contributed by atoms with van der Waals surface area (Å²) in [6.07, 6.45) is 7.05. The summed E-state index contributed by atoms with van der Waals surface area (Å²) in [5, 5.41) is 3.27. The zero-order chi connectivity index (χ0) is 15.3. The third-order valence-electron chi connectivity index (χ3n) is 4.80. The fourth-order valence-corrected chi connectivity index (χ4v) is 3.50. The Balaban J connectivity index is 2.22. The Bertz CT molecular complexity index is 456. The van der Waals surface area contributed by atoms with Gasteiger partial charge in [-0.1, -0.05) is 37.8 Å². The van der Waals surface area contributed by atoms with Crippen molar-refractivity contribution in [2.75, 3.05) is 14.2 Å². The zero-order valence-corrected chi connectivity index (χ0v) is 12.9. The van der Waals surface area contributed by atoms with Gasteiger partial charge in [0, 0.05) is 13.2 Å². The van der Waals surface area contributed by atoms with E-state index in [9.17, 15) is 8.78 Å². The van der Waals surface area contributed by atoms with E-state index in [0.717, 1.165) is 31.7 Å². The molecule has 1 atom stereocenters. The molecule has 2 rings (SSSR count). The van der Waals surface area contributed by atoms with Crippen LogP contribution in [0.4, 0.5) is 8.78 Å². The molecule has 0 aromatic heterocycles. The normalized spacial score (nSPS) is 20.0. The lowest BCUT2D eigenvalue weighted by atomic mass is 9.82. The molecular weight excluding hydrogens is 272 g/mol. The van der Waals surface area contributed by atoms with Gasteiger partial charge in [0.1, 0.15) is 0 Å². The molecule has 1 aliphatic rings. The summed E-state index contributed by atoms with van der Waals surface area (Å²) in [6.45, 7) is 0. The van der Waals surface area contributed by atoms with Crippen LogP contribution in [0.25, 0.3) is 0 Å². The van der Waals surface area contributed by atoms with Crippen LogP contribution in [0.1, 0.15) is 44.1 Å². The Morgan fingerprint density at radius 3 is 2.43 bits per heavy atom. The highest BCUT2D eigenvalue weighted by molar-refractivity contribution is 5.21. The quantitative estimate of drug-likeness (QED) is 0.834. The molecule has 1 aliphatic carbocycles. The SMILES string of the molecule is CNC(Cc1cccc(F)c1F)C1(OC)CCCCCC1. The third kappa shape index (κ3) is 3.61. The van der Waals surface area contributed by atoms with Crippen LogP contribution in [0.5, 0.6) is 0 Å². The molecule has 0 heterocycles. The molecule has 1 saturated carbocycles. The molecule has 1 N–H and O–H groups in total. The second-order valence-electron chi connectivity index (χ2n) is 5.94. The van der Waals surface area contributed by atoms with Crippen LogP contribution in [0.2, 0.25) is 0 Å². The van der Waals surface area contributed by atoms with Crippen molar-refractivity contribution in [3.8, 4) is 0 Å². The van der Waals surface area contributed by atoms with Gasteiger partial charge in [-0.05, 0) is 37.9 Å². The molecular formula is C17H25F2NO. The van der Waals surface area contributed by atoms with Crippen molar-refractivity contribution >= 4 is 0 Å². The lowest BCUT2D eigenvalue weighted by Crippen LogP contribution is -2.52. The minimum Gasteiger partial charge on any atom is -0.377 e. The molecule has 1 aromatic rings. The van der Waals surface area contributed by atoms with Crippen LogP contribution in [0.15, 0.2) is 18.2 Å². The number of rotatable bonds is 5. The third-order valence-corrected chi connectivity index (χ3v) is 4.80. The molecule has 4 heteroatoms. The van der Waals surface area contributed by atoms with Gasteiger partial charge in [-0.2, -0.15) is 0 Å². The van der Waals surface area contributed by atoms with Crippen molar-refractivity contribution in [3.05, 3.63) is 35.4 Å². The predicted octanol–water partition coefficient (Wildman–Crippen LogP) is 3.83. The van der Waals surface area contributed by atoms with Gasteiger partial charge in [-0.3, -0.25) is 0 Å². The summed E-state index contributed by atoms with van der Waals surface area (Å²) in [4.78, 5) is 0. The second-order valence-corrected chi connectivity index (χ2v) is 5.94. The monoisotopic (exact) mass is 297 g/mol. The average Bonchev–Trinajstić information content (AvgIpc) is 2.75. The molecule has 0 saturated heterocycles. The Morgan fingerprint density at radius 2 is 1.86 bits per heavy atom. The van der Waals surface area contributed by atoms with E-state index in [1.807, 2.05) is 7.05 Å². The van der Waals surface area contributed by atoms with Crippen molar-refractivity contribution in [2.45, 2.75) is 56.6 Å². The molecule has 1 aromatic carbocycles. The summed E-state index contributed by atoms with van der Waals surface area (Å²) in [5.74, 6) is -1.52. The molecule has 2 nitrogen and oxygen atoms in total. The molecule has 21 heavy (non-hydrogen) atoms. The first-order chi connectivity index (χ1) is 10.1. The van der Waals surface area contributed by atoms with Gasteiger partial charge in [0.15, 0.2) is 11.6 Å². The summed E-state index contributed by atoms with van der Waals surface area (Å²) in [5.41, 5.74) is 0.124. The molecule has 0 amide bonds. The number of halogens is 2. The van der Waals surface area contributed by atoms with Crippen molar-refractivity contribution < 1.29 is 13.5 Å². The van der Waals surface area contributed by atoms with Gasteiger partial charge in [0.05, 0.1) is 5.60 Å². The van der Waals surface area contributed by atoms with Crippen LogP contribution in [0.3, 0.4) is 0 Å².